The first-order valence-electron chi connectivity index (χ1n) is 11.1. The zero-order chi connectivity index (χ0) is 24.3. The first kappa shape index (κ1) is 24.3. The largest absolute Gasteiger partial charge is 0.507 e. The van der Waals surface area contributed by atoms with E-state index >= 15 is 0 Å². The molecular weight excluding hydrogens is 420 g/mol. The van der Waals surface area contributed by atoms with Crippen molar-refractivity contribution in [3.8, 4) is 11.5 Å². The predicted octanol–water partition coefficient (Wildman–Crippen LogP) is 3.78. The van der Waals surface area contributed by atoms with Crippen LogP contribution in [-0.4, -0.2) is 65.5 Å². The van der Waals surface area contributed by atoms with Crippen LogP contribution >= 0.6 is 0 Å². The number of phenols is 1. The van der Waals surface area contributed by atoms with Crippen molar-refractivity contribution in [1.29, 1.82) is 0 Å². The molecule has 1 aliphatic rings. The Labute approximate surface area is 194 Å². The minimum Gasteiger partial charge on any atom is -0.507 e. The molecule has 1 aliphatic heterocycles. The minimum absolute atomic E-state index is 0.0208. The molecule has 0 saturated carbocycles. The molecule has 0 radical (unpaired) electrons. The van der Waals surface area contributed by atoms with Gasteiger partial charge in [0.1, 0.15) is 17.3 Å². The number of aryl methyl sites for hydroxylation is 2. The van der Waals surface area contributed by atoms with Gasteiger partial charge in [0.15, 0.2) is 0 Å². The number of carbonyl (C=O) groups is 2. The topological polar surface area (TPSA) is 90.3 Å². The van der Waals surface area contributed by atoms with E-state index < -0.39 is 17.7 Å². The first-order chi connectivity index (χ1) is 15.6. The van der Waals surface area contributed by atoms with Gasteiger partial charge in [-0.05, 0) is 88.8 Å². The van der Waals surface area contributed by atoms with Crippen LogP contribution in [0.1, 0.15) is 41.6 Å². The molecule has 7 heteroatoms. The lowest BCUT2D eigenvalue weighted by atomic mass is 9.93. The Bertz CT molecular complexity index is 1070. The highest BCUT2D eigenvalue weighted by atomic mass is 16.5. The van der Waals surface area contributed by atoms with Gasteiger partial charge in [0, 0.05) is 6.54 Å². The molecule has 1 fully saturated rings. The molecule has 3 rings (SSSR count). The van der Waals surface area contributed by atoms with Crippen molar-refractivity contribution < 1.29 is 24.5 Å². The fraction of sp³-hybridized carbons (Fsp3) is 0.385. The lowest BCUT2D eigenvalue weighted by Crippen LogP contribution is -2.32. The normalized spacial score (nSPS) is 17.8. The number of ether oxygens (including phenoxy) is 1. The Morgan fingerprint density at radius 3 is 2.33 bits per heavy atom. The summed E-state index contributed by atoms with van der Waals surface area (Å²) in [4.78, 5) is 29.6. The lowest BCUT2D eigenvalue weighted by Gasteiger charge is -2.26. The third-order valence-electron chi connectivity index (χ3n) is 5.92. The van der Waals surface area contributed by atoms with Crippen LogP contribution in [0, 0.1) is 13.8 Å². The first-order valence-corrected chi connectivity index (χ1v) is 11.1. The van der Waals surface area contributed by atoms with Crippen molar-refractivity contribution >= 4 is 17.4 Å². The van der Waals surface area contributed by atoms with E-state index in [9.17, 15) is 19.8 Å². The average molecular weight is 453 g/mol. The predicted molar refractivity (Wildman–Crippen MR) is 127 cm³/mol. The van der Waals surface area contributed by atoms with E-state index in [4.69, 9.17) is 4.74 Å². The number of aliphatic hydroxyl groups is 1. The van der Waals surface area contributed by atoms with Gasteiger partial charge in [-0.2, -0.15) is 0 Å². The summed E-state index contributed by atoms with van der Waals surface area (Å²) in [6, 6.07) is 9.59. The molecule has 1 heterocycles. The van der Waals surface area contributed by atoms with E-state index in [1.165, 1.54) is 4.90 Å². The Kier molecular flexibility index (Phi) is 7.43. The summed E-state index contributed by atoms with van der Waals surface area (Å²) < 4.78 is 5.52. The number of benzene rings is 2. The van der Waals surface area contributed by atoms with Gasteiger partial charge in [-0.3, -0.25) is 9.59 Å². The van der Waals surface area contributed by atoms with Crippen LogP contribution in [0.15, 0.2) is 42.0 Å². The van der Waals surface area contributed by atoms with Crippen molar-refractivity contribution in [2.75, 3.05) is 33.8 Å². The molecule has 0 aromatic heterocycles. The summed E-state index contributed by atoms with van der Waals surface area (Å²) in [7, 11) is 3.89. The van der Waals surface area contributed by atoms with E-state index in [1.807, 2.05) is 39.8 Å². The summed E-state index contributed by atoms with van der Waals surface area (Å²) in [5.41, 5.74) is 2.52. The highest BCUT2D eigenvalue weighted by molar-refractivity contribution is 6.46. The highest BCUT2D eigenvalue weighted by Gasteiger charge is 2.46. The quantitative estimate of drug-likeness (QED) is 0.360. The van der Waals surface area contributed by atoms with Crippen molar-refractivity contribution in [2.45, 2.75) is 33.2 Å². The van der Waals surface area contributed by atoms with E-state index in [0.717, 1.165) is 17.7 Å². The summed E-state index contributed by atoms with van der Waals surface area (Å²) in [6.45, 7) is 7.23. The van der Waals surface area contributed by atoms with Gasteiger partial charge in [-0.15, -0.1) is 0 Å². The molecule has 176 valence electrons. The molecule has 1 atom stereocenters. The number of amides is 1. The lowest BCUT2D eigenvalue weighted by molar-refractivity contribution is -0.139. The molecular formula is C26H32N2O5. The number of phenolic OH excluding ortho intramolecular Hbond substituents is 1. The van der Waals surface area contributed by atoms with Gasteiger partial charge in [0.2, 0.25) is 0 Å². The van der Waals surface area contributed by atoms with Crippen LogP contribution in [0.4, 0.5) is 0 Å². The highest BCUT2D eigenvalue weighted by Crippen LogP contribution is 2.41. The molecule has 0 bridgehead atoms. The number of Topliss-reactive ketones (excluding diaryl/α,β-unsaturated/α-hetero) is 1. The fourth-order valence-corrected chi connectivity index (χ4v) is 4.06. The van der Waals surface area contributed by atoms with Crippen LogP contribution in [0.25, 0.3) is 5.76 Å². The van der Waals surface area contributed by atoms with E-state index in [1.54, 1.807) is 36.4 Å². The van der Waals surface area contributed by atoms with Gasteiger partial charge in [-0.25, -0.2) is 0 Å². The number of hydrogen-bond donors (Lipinski definition) is 2. The van der Waals surface area contributed by atoms with E-state index in [2.05, 4.69) is 0 Å². The number of hydrogen-bond acceptors (Lipinski definition) is 6. The SMILES string of the molecule is CCOc1ccc([C@@H]2C(=C(O)c3cc(C)c(C)cc3O)C(=O)C(=O)N2CCCN(C)C)cc1. The third-order valence-corrected chi connectivity index (χ3v) is 5.92. The number of likely N-dealkylation sites (tertiary alicyclic amines) is 1. The molecule has 33 heavy (non-hydrogen) atoms. The summed E-state index contributed by atoms with van der Waals surface area (Å²) in [5.74, 6) is -1.24. The third kappa shape index (κ3) is 5.03. The number of carbonyl (C=O) groups excluding carboxylic acids is 2. The maximum absolute atomic E-state index is 13.1. The van der Waals surface area contributed by atoms with Crippen LogP contribution in [-0.2, 0) is 9.59 Å². The smallest absolute Gasteiger partial charge is 0.295 e. The number of rotatable bonds is 8. The van der Waals surface area contributed by atoms with Gasteiger partial charge < -0.3 is 24.7 Å². The van der Waals surface area contributed by atoms with Gasteiger partial charge in [-0.1, -0.05) is 12.1 Å². The Balaban J connectivity index is 2.13. The number of aromatic hydroxyl groups is 1. The summed E-state index contributed by atoms with van der Waals surface area (Å²) >= 11 is 0. The molecule has 0 spiro atoms. The Morgan fingerprint density at radius 1 is 1.09 bits per heavy atom. The molecule has 0 aliphatic carbocycles. The van der Waals surface area contributed by atoms with Crippen LogP contribution in [0.3, 0.4) is 0 Å². The number of nitrogens with zero attached hydrogens (tertiary/aromatic N) is 2. The molecule has 1 saturated heterocycles. The second-order valence-electron chi connectivity index (χ2n) is 8.60. The Hall–Kier alpha value is -3.32. The molecule has 1 amide bonds. The molecule has 7 nitrogen and oxygen atoms in total. The maximum atomic E-state index is 13.1. The zero-order valence-corrected chi connectivity index (χ0v) is 19.9. The Morgan fingerprint density at radius 2 is 1.73 bits per heavy atom. The second kappa shape index (κ2) is 10.1. The van der Waals surface area contributed by atoms with Crippen LogP contribution in [0.2, 0.25) is 0 Å². The maximum Gasteiger partial charge on any atom is 0.295 e. The standard InChI is InChI=1S/C26H32N2O5/c1-6-33-19-10-8-18(9-11-19)23-22(24(30)20-14-16(2)17(3)15-21(20)29)25(31)26(32)28(23)13-7-12-27(4)5/h8-11,14-15,23,29-30H,6-7,12-13H2,1-5H3/t23-/m1/s1. The number of aliphatic hydroxyl groups excluding tert-OH is 1. The number of ketones is 1. The fourth-order valence-electron chi connectivity index (χ4n) is 4.06. The summed E-state index contributed by atoms with van der Waals surface area (Å²) in [5, 5.41) is 21.7. The molecule has 2 aromatic carbocycles. The zero-order valence-electron chi connectivity index (χ0n) is 19.9. The van der Waals surface area contributed by atoms with Crippen LogP contribution < -0.4 is 4.74 Å². The average Bonchev–Trinajstić information content (AvgIpc) is 3.01. The summed E-state index contributed by atoms with van der Waals surface area (Å²) in [6.07, 6.45) is 0.669. The minimum atomic E-state index is -0.760. The molecule has 2 N–H and O–H groups in total. The van der Waals surface area contributed by atoms with E-state index in [-0.39, 0.29) is 22.6 Å². The van der Waals surface area contributed by atoms with Crippen molar-refractivity contribution in [3.05, 3.63) is 64.2 Å². The second-order valence-corrected chi connectivity index (χ2v) is 8.60. The molecule has 0 unspecified atom stereocenters. The van der Waals surface area contributed by atoms with E-state index in [0.29, 0.717) is 30.9 Å². The van der Waals surface area contributed by atoms with Gasteiger partial charge in [0.05, 0.1) is 23.8 Å². The van der Waals surface area contributed by atoms with Crippen LogP contribution in [0.5, 0.6) is 11.5 Å². The van der Waals surface area contributed by atoms with Crippen molar-refractivity contribution in [1.82, 2.24) is 9.80 Å². The monoisotopic (exact) mass is 452 g/mol. The molecule has 2 aromatic rings. The van der Waals surface area contributed by atoms with Gasteiger partial charge >= 0.3 is 0 Å². The van der Waals surface area contributed by atoms with Gasteiger partial charge in [0.25, 0.3) is 11.7 Å². The van der Waals surface area contributed by atoms with Crippen molar-refractivity contribution in [2.24, 2.45) is 0 Å². The van der Waals surface area contributed by atoms with Crippen molar-refractivity contribution in [3.63, 3.8) is 0 Å².